The van der Waals surface area contributed by atoms with Gasteiger partial charge in [-0.1, -0.05) is 36.9 Å². The van der Waals surface area contributed by atoms with E-state index < -0.39 is 0 Å². The fourth-order valence-electron chi connectivity index (χ4n) is 2.73. The highest BCUT2D eigenvalue weighted by atomic mass is 32.2. The minimum Gasteiger partial charge on any atom is -0.424 e. The van der Waals surface area contributed by atoms with Gasteiger partial charge in [0.05, 0.1) is 10.8 Å². The van der Waals surface area contributed by atoms with Crippen LogP contribution in [0.25, 0.3) is 16.6 Å². The second-order valence-electron chi connectivity index (χ2n) is 5.67. The molecular weight excluding hydrogens is 322 g/mol. The van der Waals surface area contributed by atoms with Crippen molar-refractivity contribution >= 4 is 28.3 Å². The molecule has 0 spiro atoms. The Bertz CT molecular complexity index is 1020. The summed E-state index contributed by atoms with van der Waals surface area (Å²) < 4.78 is 7.75. The minimum atomic E-state index is 0.00488. The van der Waals surface area contributed by atoms with Crippen LogP contribution in [0.5, 0.6) is 0 Å². The molecule has 4 rings (SSSR count). The van der Waals surface area contributed by atoms with Crippen LogP contribution < -0.4 is 0 Å². The Balaban J connectivity index is 1.78. The zero-order valence-corrected chi connectivity index (χ0v) is 14.5. The van der Waals surface area contributed by atoms with Gasteiger partial charge in [-0.2, -0.15) is 0 Å². The molecule has 1 unspecified atom stereocenters. The monoisotopic (exact) mass is 339 g/mol. The predicted octanol–water partition coefficient (Wildman–Crippen LogP) is 3.99. The summed E-state index contributed by atoms with van der Waals surface area (Å²) in [6.07, 6.45) is 0.738. The highest BCUT2D eigenvalue weighted by molar-refractivity contribution is 7.99. The number of hydrogen-bond donors (Lipinski definition) is 0. The second kappa shape index (κ2) is 5.90. The zero-order valence-electron chi connectivity index (χ0n) is 13.7. The minimum absolute atomic E-state index is 0.00488. The molecule has 122 valence electrons. The van der Waals surface area contributed by atoms with E-state index in [2.05, 4.69) is 49.9 Å². The van der Waals surface area contributed by atoms with Crippen LogP contribution in [0.4, 0.5) is 0 Å². The lowest BCUT2D eigenvalue weighted by Crippen LogP contribution is -1.95. The number of pyridine rings is 1. The summed E-state index contributed by atoms with van der Waals surface area (Å²) in [6, 6.07) is 10.4. The van der Waals surface area contributed by atoms with Crippen molar-refractivity contribution in [3.63, 3.8) is 0 Å². The Labute approximate surface area is 143 Å². The fourth-order valence-corrected chi connectivity index (χ4v) is 3.63. The molecule has 3 aromatic heterocycles. The first-order valence-electron chi connectivity index (χ1n) is 7.89. The van der Waals surface area contributed by atoms with Crippen molar-refractivity contribution in [3.05, 3.63) is 47.7 Å². The van der Waals surface area contributed by atoms with Crippen LogP contribution in [0.2, 0.25) is 0 Å². The van der Waals surface area contributed by atoms with Crippen molar-refractivity contribution in [2.45, 2.75) is 37.6 Å². The molecule has 6 nitrogen and oxygen atoms in total. The highest BCUT2D eigenvalue weighted by Crippen LogP contribution is 2.34. The fraction of sp³-hybridized carbons (Fsp3) is 0.294. The maximum absolute atomic E-state index is 5.66. The van der Waals surface area contributed by atoms with E-state index in [0.29, 0.717) is 11.8 Å². The van der Waals surface area contributed by atoms with E-state index in [-0.39, 0.29) is 5.25 Å². The van der Waals surface area contributed by atoms with Crippen molar-refractivity contribution < 1.29 is 4.42 Å². The maximum atomic E-state index is 5.66. The number of fused-ring (bicyclic) bond motifs is 3. The standard InChI is InChI=1S/C17H17N5OS/c1-4-15-19-20-16(23-15)11(3)24-17-21-18-14-9-10(2)12-7-5-6-8-13(12)22(14)17/h5-9,11H,4H2,1-3H3. The molecule has 24 heavy (non-hydrogen) atoms. The van der Waals surface area contributed by atoms with Gasteiger partial charge in [0.15, 0.2) is 10.8 Å². The predicted molar refractivity (Wildman–Crippen MR) is 93.2 cm³/mol. The maximum Gasteiger partial charge on any atom is 0.229 e. The number of rotatable bonds is 4. The third-order valence-electron chi connectivity index (χ3n) is 3.99. The molecule has 0 N–H and O–H groups in total. The van der Waals surface area contributed by atoms with Gasteiger partial charge in [0.2, 0.25) is 11.8 Å². The first-order chi connectivity index (χ1) is 11.7. The van der Waals surface area contributed by atoms with E-state index in [9.17, 15) is 0 Å². The lowest BCUT2D eigenvalue weighted by molar-refractivity contribution is 0.456. The largest absolute Gasteiger partial charge is 0.424 e. The van der Waals surface area contributed by atoms with Crippen molar-refractivity contribution in [2.75, 3.05) is 0 Å². The average Bonchev–Trinajstić information content (AvgIpc) is 3.22. The number of aryl methyl sites for hydroxylation is 2. The summed E-state index contributed by atoms with van der Waals surface area (Å²) in [5.74, 6) is 1.27. The molecular formula is C17H17N5OS. The lowest BCUT2D eigenvalue weighted by atomic mass is 10.1. The van der Waals surface area contributed by atoms with E-state index in [4.69, 9.17) is 4.42 Å². The summed E-state index contributed by atoms with van der Waals surface area (Å²) in [4.78, 5) is 0. The van der Waals surface area contributed by atoms with Crippen molar-refractivity contribution in [2.24, 2.45) is 0 Å². The molecule has 0 aliphatic rings. The summed E-state index contributed by atoms with van der Waals surface area (Å²) >= 11 is 1.57. The quantitative estimate of drug-likeness (QED) is 0.524. The molecule has 3 heterocycles. The highest BCUT2D eigenvalue weighted by Gasteiger charge is 2.19. The SMILES string of the molecule is CCc1nnc(C(C)Sc2nnc3cc(C)c4ccccc4n23)o1. The van der Waals surface area contributed by atoms with E-state index in [1.807, 2.05) is 26.0 Å². The van der Waals surface area contributed by atoms with Gasteiger partial charge in [-0.15, -0.1) is 20.4 Å². The molecule has 7 heteroatoms. The van der Waals surface area contributed by atoms with Gasteiger partial charge in [-0.05, 0) is 31.5 Å². The van der Waals surface area contributed by atoms with Gasteiger partial charge in [0, 0.05) is 11.8 Å². The summed E-state index contributed by atoms with van der Waals surface area (Å²) in [5, 5.41) is 18.9. The van der Waals surface area contributed by atoms with Crippen molar-refractivity contribution in [3.8, 4) is 0 Å². The molecule has 0 bridgehead atoms. The van der Waals surface area contributed by atoms with E-state index in [1.165, 1.54) is 10.9 Å². The van der Waals surface area contributed by atoms with Crippen LogP contribution in [0.1, 0.15) is 36.4 Å². The molecule has 1 atom stereocenters. The average molecular weight is 339 g/mol. The van der Waals surface area contributed by atoms with Gasteiger partial charge in [0.1, 0.15) is 0 Å². The number of aromatic nitrogens is 5. The number of thioether (sulfide) groups is 1. The Hall–Kier alpha value is -2.41. The second-order valence-corrected chi connectivity index (χ2v) is 6.98. The zero-order chi connectivity index (χ0) is 16.7. The molecule has 0 saturated heterocycles. The number of nitrogens with zero attached hydrogens (tertiary/aromatic N) is 5. The van der Waals surface area contributed by atoms with Crippen LogP contribution >= 0.6 is 11.8 Å². The Morgan fingerprint density at radius 3 is 2.79 bits per heavy atom. The van der Waals surface area contributed by atoms with Crippen LogP contribution in [0, 0.1) is 6.92 Å². The third kappa shape index (κ3) is 2.45. The van der Waals surface area contributed by atoms with Crippen molar-refractivity contribution in [1.82, 2.24) is 24.8 Å². The molecule has 1 aromatic carbocycles. The molecule has 0 aliphatic carbocycles. The van der Waals surface area contributed by atoms with Gasteiger partial charge >= 0.3 is 0 Å². The molecule has 0 saturated carbocycles. The first kappa shape index (κ1) is 15.1. The van der Waals surface area contributed by atoms with Crippen molar-refractivity contribution in [1.29, 1.82) is 0 Å². The molecule has 0 aliphatic heterocycles. The van der Waals surface area contributed by atoms with Crippen LogP contribution in [0.3, 0.4) is 0 Å². The Kier molecular flexibility index (Phi) is 3.72. The number of hydrogen-bond acceptors (Lipinski definition) is 6. The summed E-state index contributed by atoms with van der Waals surface area (Å²) in [5.41, 5.74) is 3.15. The van der Waals surface area contributed by atoms with E-state index >= 15 is 0 Å². The Morgan fingerprint density at radius 1 is 1.17 bits per heavy atom. The van der Waals surface area contributed by atoms with E-state index in [1.54, 1.807) is 11.8 Å². The summed E-state index contributed by atoms with van der Waals surface area (Å²) in [7, 11) is 0. The Morgan fingerprint density at radius 2 is 2.00 bits per heavy atom. The molecule has 0 fully saturated rings. The van der Waals surface area contributed by atoms with Crippen LogP contribution in [-0.2, 0) is 6.42 Å². The number of benzene rings is 1. The third-order valence-corrected chi connectivity index (χ3v) is 5.02. The summed E-state index contributed by atoms with van der Waals surface area (Å²) in [6.45, 7) is 6.13. The van der Waals surface area contributed by atoms with Gasteiger partial charge in [-0.3, -0.25) is 4.40 Å². The smallest absolute Gasteiger partial charge is 0.229 e. The number of para-hydroxylation sites is 1. The van der Waals surface area contributed by atoms with Gasteiger partial charge < -0.3 is 4.42 Å². The molecule has 4 aromatic rings. The van der Waals surface area contributed by atoms with Crippen LogP contribution in [0.15, 0.2) is 39.9 Å². The van der Waals surface area contributed by atoms with E-state index in [0.717, 1.165) is 22.7 Å². The van der Waals surface area contributed by atoms with Crippen LogP contribution in [-0.4, -0.2) is 24.8 Å². The van der Waals surface area contributed by atoms with Gasteiger partial charge in [0.25, 0.3) is 0 Å². The molecule has 0 radical (unpaired) electrons. The lowest BCUT2D eigenvalue weighted by Gasteiger charge is -2.09. The normalized spacial score (nSPS) is 13.0. The topological polar surface area (TPSA) is 69.1 Å². The van der Waals surface area contributed by atoms with Gasteiger partial charge in [-0.25, -0.2) is 0 Å². The molecule has 0 amide bonds. The first-order valence-corrected chi connectivity index (χ1v) is 8.77.